The van der Waals surface area contributed by atoms with Gasteiger partial charge in [-0.05, 0) is 52.8 Å². The summed E-state index contributed by atoms with van der Waals surface area (Å²) in [6.07, 6.45) is 7.87. The topological polar surface area (TPSA) is 26.0 Å². The van der Waals surface area contributed by atoms with Crippen molar-refractivity contribution >= 4 is 11.3 Å². The first-order valence-corrected chi connectivity index (χ1v) is 7.07. The Morgan fingerprint density at radius 3 is 2.40 bits per heavy atom. The molecule has 0 bridgehead atoms. The Morgan fingerprint density at radius 1 is 0.950 bits per heavy atom. The van der Waals surface area contributed by atoms with Gasteiger partial charge in [0, 0.05) is 5.69 Å². The van der Waals surface area contributed by atoms with E-state index in [9.17, 15) is 0 Å². The number of anilines is 1. The van der Waals surface area contributed by atoms with Gasteiger partial charge in [0.05, 0.1) is 0 Å². The zero-order chi connectivity index (χ0) is 13.9. The maximum atomic E-state index is 6.08. The predicted octanol–water partition coefficient (Wildman–Crippen LogP) is 4.92. The quantitative estimate of drug-likeness (QED) is 0.763. The average molecular weight is 261 g/mol. The van der Waals surface area contributed by atoms with Crippen LogP contribution in [0.3, 0.4) is 0 Å². The molecule has 100 valence electrons. The van der Waals surface area contributed by atoms with Crippen molar-refractivity contribution in [3.8, 4) is 11.1 Å². The molecule has 0 amide bonds. The lowest BCUT2D eigenvalue weighted by Gasteiger charge is -2.14. The molecule has 1 heteroatoms. The molecule has 0 radical (unpaired) electrons. The molecular formula is C19H19N. The highest BCUT2D eigenvalue weighted by Crippen LogP contribution is 2.30. The standard InChI is InChI=1S/C19H19N/c1-14-7-9-16(10-8-14)18-11-17(12-19(20)13-18)15-5-3-2-4-6-15/h2-7,9-14H,8,20H2,1H3. The molecule has 2 N–H and O–H groups in total. The highest BCUT2D eigenvalue weighted by atomic mass is 14.5. The number of nitrogen functional groups attached to an aromatic ring is 1. The summed E-state index contributed by atoms with van der Waals surface area (Å²) in [4.78, 5) is 0. The first-order chi connectivity index (χ1) is 9.72. The monoisotopic (exact) mass is 261 g/mol. The largest absolute Gasteiger partial charge is 0.399 e. The molecule has 1 unspecified atom stereocenters. The van der Waals surface area contributed by atoms with E-state index in [0.29, 0.717) is 5.92 Å². The van der Waals surface area contributed by atoms with E-state index in [-0.39, 0.29) is 0 Å². The minimum absolute atomic E-state index is 0.633. The van der Waals surface area contributed by atoms with Gasteiger partial charge in [0.15, 0.2) is 0 Å². The van der Waals surface area contributed by atoms with Gasteiger partial charge in [-0.15, -0.1) is 0 Å². The van der Waals surface area contributed by atoms with Crippen LogP contribution in [0.25, 0.3) is 16.7 Å². The molecule has 0 heterocycles. The molecule has 3 rings (SSSR count). The van der Waals surface area contributed by atoms with Crippen LogP contribution >= 0.6 is 0 Å². The lowest BCUT2D eigenvalue weighted by molar-refractivity contribution is 0.739. The predicted molar refractivity (Wildman–Crippen MR) is 87.2 cm³/mol. The fourth-order valence-corrected chi connectivity index (χ4v) is 2.56. The van der Waals surface area contributed by atoms with Crippen molar-refractivity contribution in [2.45, 2.75) is 13.3 Å². The summed E-state index contributed by atoms with van der Waals surface area (Å²) < 4.78 is 0. The Balaban J connectivity index is 2.02. The molecule has 0 fully saturated rings. The molecule has 1 aliphatic carbocycles. The second-order valence-corrected chi connectivity index (χ2v) is 5.44. The van der Waals surface area contributed by atoms with Crippen molar-refractivity contribution in [2.75, 3.05) is 5.73 Å². The zero-order valence-corrected chi connectivity index (χ0v) is 11.7. The highest BCUT2D eigenvalue weighted by molar-refractivity contribution is 5.81. The maximum absolute atomic E-state index is 6.08. The van der Waals surface area contributed by atoms with E-state index in [4.69, 9.17) is 5.73 Å². The van der Waals surface area contributed by atoms with Crippen molar-refractivity contribution in [1.29, 1.82) is 0 Å². The third-order valence-electron chi connectivity index (χ3n) is 3.71. The molecule has 1 atom stereocenters. The minimum Gasteiger partial charge on any atom is -0.399 e. The van der Waals surface area contributed by atoms with E-state index >= 15 is 0 Å². The second kappa shape index (κ2) is 5.38. The Hall–Kier alpha value is -2.28. The Bertz CT molecular complexity index is 665. The molecule has 0 aromatic heterocycles. The molecule has 20 heavy (non-hydrogen) atoms. The van der Waals surface area contributed by atoms with Crippen molar-refractivity contribution in [3.63, 3.8) is 0 Å². The van der Waals surface area contributed by atoms with Gasteiger partial charge in [-0.2, -0.15) is 0 Å². The van der Waals surface area contributed by atoms with Crippen LogP contribution in [0.2, 0.25) is 0 Å². The van der Waals surface area contributed by atoms with Gasteiger partial charge in [-0.25, -0.2) is 0 Å². The van der Waals surface area contributed by atoms with E-state index in [2.05, 4.69) is 61.5 Å². The number of hydrogen-bond acceptors (Lipinski definition) is 1. The summed E-state index contributed by atoms with van der Waals surface area (Å²) in [7, 11) is 0. The Kier molecular flexibility index (Phi) is 3.42. The number of rotatable bonds is 2. The van der Waals surface area contributed by atoms with Crippen LogP contribution in [0, 0.1) is 5.92 Å². The highest BCUT2D eigenvalue weighted by Gasteiger charge is 2.08. The molecule has 0 saturated carbocycles. The molecule has 2 aromatic carbocycles. The molecular weight excluding hydrogens is 242 g/mol. The fraction of sp³-hybridized carbons (Fsp3) is 0.158. The molecule has 1 nitrogen and oxygen atoms in total. The summed E-state index contributed by atoms with van der Waals surface area (Å²) >= 11 is 0. The average Bonchev–Trinajstić information content (AvgIpc) is 2.48. The SMILES string of the molecule is CC1C=CC(c2cc(N)cc(-c3ccccc3)c2)=CC1. The van der Waals surface area contributed by atoms with E-state index in [1.54, 1.807) is 0 Å². The van der Waals surface area contributed by atoms with Crippen molar-refractivity contribution < 1.29 is 0 Å². The van der Waals surface area contributed by atoms with Crippen LogP contribution in [0.5, 0.6) is 0 Å². The van der Waals surface area contributed by atoms with Crippen molar-refractivity contribution in [2.24, 2.45) is 5.92 Å². The van der Waals surface area contributed by atoms with Gasteiger partial charge in [0.1, 0.15) is 0 Å². The maximum Gasteiger partial charge on any atom is 0.0326 e. The van der Waals surface area contributed by atoms with E-state index in [0.717, 1.165) is 12.1 Å². The fourth-order valence-electron chi connectivity index (χ4n) is 2.56. The number of allylic oxidation sites excluding steroid dienone is 4. The third kappa shape index (κ3) is 2.67. The van der Waals surface area contributed by atoms with E-state index in [1.807, 2.05) is 12.1 Å². The molecule has 0 aliphatic heterocycles. The van der Waals surface area contributed by atoms with Gasteiger partial charge >= 0.3 is 0 Å². The number of benzene rings is 2. The zero-order valence-electron chi connectivity index (χ0n) is 11.7. The molecule has 2 aromatic rings. The van der Waals surface area contributed by atoms with Crippen LogP contribution in [0.4, 0.5) is 5.69 Å². The summed E-state index contributed by atoms with van der Waals surface area (Å²) in [5.74, 6) is 0.633. The third-order valence-corrected chi connectivity index (χ3v) is 3.71. The van der Waals surface area contributed by atoms with E-state index < -0.39 is 0 Å². The molecule has 0 saturated heterocycles. The summed E-state index contributed by atoms with van der Waals surface area (Å²) in [6.45, 7) is 2.23. The van der Waals surface area contributed by atoms with E-state index in [1.165, 1.54) is 22.3 Å². The number of hydrogen-bond donors (Lipinski definition) is 1. The van der Waals surface area contributed by atoms with Gasteiger partial charge in [0.25, 0.3) is 0 Å². The first-order valence-electron chi connectivity index (χ1n) is 7.07. The van der Waals surface area contributed by atoms with Gasteiger partial charge in [0.2, 0.25) is 0 Å². The van der Waals surface area contributed by atoms with Crippen molar-refractivity contribution in [3.05, 3.63) is 72.3 Å². The lowest BCUT2D eigenvalue weighted by Crippen LogP contribution is -1.96. The van der Waals surface area contributed by atoms with Gasteiger partial charge < -0.3 is 5.73 Å². The summed E-state index contributed by atoms with van der Waals surface area (Å²) in [5.41, 5.74) is 11.7. The van der Waals surface area contributed by atoms with Crippen LogP contribution in [-0.4, -0.2) is 0 Å². The Morgan fingerprint density at radius 2 is 1.70 bits per heavy atom. The Labute approximate surface area is 120 Å². The number of nitrogens with two attached hydrogens (primary N) is 1. The molecule has 0 spiro atoms. The first kappa shape index (κ1) is 12.7. The normalized spacial score (nSPS) is 17.9. The van der Waals surface area contributed by atoms with Gasteiger partial charge in [-0.1, -0.05) is 55.5 Å². The van der Waals surface area contributed by atoms with Gasteiger partial charge in [-0.3, -0.25) is 0 Å². The van der Waals surface area contributed by atoms with Crippen LogP contribution < -0.4 is 5.73 Å². The van der Waals surface area contributed by atoms with Crippen LogP contribution in [0.1, 0.15) is 18.9 Å². The lowest BCUT2D eigenvalue weighted by atomic mass is 9.92. The summed E-state index contributed by atoms with van der Waals surface area (Å²) in [6, 6.07) is 16.7. The van der Waals surface area contributed by atoms with Crippen molar-refractivity contribution in [1.82, 2.24) is 0 Å². The smallest absolute Gasteiger partial charge is 0.0326 e. The minimum atomic E-state index is 0.633. The molecule has 1 aliphatic rings. The van der Waals surface area contributed by atoms with Crippen LogP contribution in [-0.2, 0) is 0 Å². The second-order valence-electron chi connectivity index (χ2n) is 5.44. The summed E-state index contributed by atoms with van der Waals surface area (Å²) in [5, 5.41) is 0. The van der Waals surface area contributed by atoms with Crippen LogP contribution in [0.15, 0.2) is 66.8 Å².